The molecule has 0 saturated carbocycles. The standard InChI is InChI=1S/C14H14N2O5/c15-14(19)20-8-11(18)9-4-3-7-16-13(9)21-12-6-2-1-5-10(12)17/h1-7,11,17-18H,8H2,(H2,15,19). The van der Waals surface area contributed by atoms with Crippen LogP contribution >= 0.6 is 0 Å². The van der Waals surface area contributed by atoms with E-state index in [9.17, 15) is 15.0 Å². The summed E-state index contributed by atoms with van der Waals surface area (Å²) in [5.74, 6) is 0.233. The summed E-state index contributed by atoms with van der Waals surface area (Å²) in [5.41, 5.74) is 5.16. The third-order valence-electron chi connectivity index (χ3n) is 2.61. The van der Waals surface area contributed by atoms with E-state index >= 15 is 0 Å². The van der Waals surface area contributed by atoms with Gasteiger partial charge in [-0.15, -0.1) is 0 Å². The van der Waals surface area contributed by atoms with Gasteiger partial charge in [0.05, 0.1) is 0 Å². The molecule has 1 unspecified atom stereocenters. The molecule has 7 heteroatoms. The normalized spacial score (nSPS) is 11.7. The third kappa shape index (κ3) is 3.83. The molecule has 1 heterocycles. The van der Waals surface area contributed by atoms with Crippen molar-refractivity contribution < 1.29 is 24.5 Å². The number of aromatic hydroxyl groups is 1. The average molecular weight is 290 g/mol. The van der Waals surface area contributed by atoms with Crippen LogP contribution in [-0.4, -0.2) is 27.9 Å². The van der Waals surface area contributed by atoms with Crippen molar-refractivity contribution in [2.75, 3.05) is 6.61 Å². The zero-order valence-electron chi connectivity index (χ0n) is 11.0. The number of carbonyl (C=O) groups excluding carboxylic acids is 1. The van der Waals surface area contributed by atoms with E-state index in [1.165, 1.54) is 12.3 Å². The Labute approximate surface area is 120 Å². The predicted molar refractivity (Wildman–Crippen MR) is 72.9 cm³/mol. The highest BCUT2D eigenvalue weighted by Crippen LogP contribution is 2.32. The van der Waals surface area contributed by atoms with E-state index in [0.29, 0.717) is 5.56 Å². The first-order chi connectivity index (χ1) is 10.1. The molecule has 0 aliphatic heterocycles. The van der Waals surface area contributed by atoms with Crippen LogP contribution in [0.3, 0.4) is 0 Å². The summed E-state index contributed by atoms with van der Waals surface area (Å²) in [6.07, 6.45) is -0.659. The zero-order chi connectivity index (χ0) is 15.2. The van der Waals surface area contributed by atoms with Crippen LogP contribution in [0, 0.1) is 0 Å². The van der Waals surface area contributed by atoms with E-state index in [0.717, 1.165) is 0 Å². The van der Waals surface area contributed by atoms with Gasteiger partial charge in [0.2, 0.25) is 5.88 Å². The molecule has 0 spiro atoms. The van der Waals surface area contributed by atoms with Crippen LogP contribution in [-0.2, 0) is 4.74 Å². The molecule has 0 aliphatic rings. The van der Waals surface area contributed by atoms with Crippen LogP contribution in [0.5, 0.6) is 17.4 Å². The second-order valence-corrected chi connectivity index (χ2v) is 4.11. The van der Waals surface area contributed by atoms with Gasteiger partial charge in [0.1, 0.15) is 12.7 Å². The van der Waals surface area contributed by atoms with E-state index in [1.54, 1.807) is 30.3 Å². The fourth-order valence-electron chi connectivity index (χ4n) is 1.64. The Morgan fingerprint density at radius 1 is 1.29 bits per heavy atom. The summed E-state index contributed by atoms with van der Waals surface area (Å²) in [4.78, 5) is 14.6. The molecule has 2 rings (SSSR count). The topological polar surface area (TPSA) is 115 Å². The monoisotopic (exact) mass is 290 g/mol. The van der Waals surface area contributed by atoms with Crippen molar-refractivity contribution in [3.8, 4) is 17.4 Å². The number of nitrogens with zero attached hydrogens (tertiary/aromatic N) is 1. The summed E-state index contributed by atoms with van der Waals surface area (Å²) in [7, 11) is 0. The fraction of sp³-hybridized carbons (Fsp3) is 0.143. The molecular formula is C14H14N2O5. The second-order valence-electron chi connectivity index (χ2n) is 4.11. The van der Waals surface area contributed by atoms with Gasteiger partial charge in [-0.3, -0.25) is 0 Å². The SMILES string of the molecule is NC(=O)OCC(O)c1cccnc1Oc1ccccc1O. The summed E-state index contributed by atoms with van der Waals surface area (Å²) in [6.45, 7) is -0.321. The van der Waals surface area contributed by atoms with E-state index < -0.39 is 12.2 Å². The second kappa shape index (κ2) is 6.58. The average Bonchev–Trinajstić information content (AvgIpc) is 2.47. The Kier molecular flexibility index (Phi) is 4.57. The van der Waals surface area contributed by atoms with Crippen molar-refractivity contribution in [3.63, 3.8) is 0 Å². The minimum atomic E-state index is -1.15. The molecule has 1 aromatic heterocycles. The maximum atomic E-state index is 10.6. The van der Waals surface area contributed by atoms with Crippen molar-refractivity contribution in [1.82, 2.24) is 4.98 Å². The number of carbonyl (C=O) groups is 1. The maximum Gasteiger partial charge on any atom is 0.404 e. The molecule has 1 aromatic carbocycles. The molecule has 7 nitrogen and oxygen atoms in total. The number of hydrogen-bond donors (Lipinski definition) is 3. The summed E-state index contributed by atoms with van der Waals surface area (Å²) in [6, 6.07) is 9.52. The highest BCUT2D eigenvalue weighted by Gasteiger charge is 2.17. The van der Waals surface area contributed by atoms with Crippen LogP contribution in [0.2, 0.25) is 0 Å². The first kappa shape index (κ1) is 14.6. The Morgan fingerprint density at radius 2 is 2.05 bits per heavy atom. The lowest BCUT2D eigenvalue weighted by atomic mass is 10.1. The molecule has 1 atom stereocenters. The molecule has 4 N–H and O–H groups in total. The number of benzene rings is 1. The highest BCUT2D eigenvalue weighted by molar-refractivity contribution is 5.64. The Morgan fingerprint density at radius 3 is 2.76 bits per heavy atom. The van der Waals surface area contributed by atoms with Crippen LogP contribution in [0.1, 0.15) is 11.7 Å². The van der Waals surface area contributed by atoms with Gasteiger partial charge in [0.15, 0.2) is 11.5 Å². The molecular weight excluding hydrogens is 276 g/mol. The van der Waals surface area contributed by atoms with E-state index in [-0.39, 0.29) is 24.0 Å². The molecule has 0 fully saturated rings. The van der Waals surface area contributed by atoms with Gasteiger partial charge >= 0.3 is 6.09 Å². The smallest absolute Gasteiger partial charge is 0.404 e. The lowest BCUT2D eigenvalue weighted by Crippen LogP contribution is -2.18. The summed E-state index contributed by atoms with van der Waals surface area (Å²) in [5, 5.41) is 19.7. The maximum absolute atomic E-state index is 10.6. The number of rotatable bonds is 5. The number of amides is 1. The highest BCUT2D eigenvalue weighted by atomic mass is 16.6. The number of hydrogen-bond acceptors (Lipinski definition) is 6. The largest absolute Gasteiger partial charge is 0.504 e. The number of phenols is 1. The molecule has 21 heavy (non-hydrogen) atoms. The summed E-state index contributed by atoms with van der Waals surface area (Å²) >= 11 is 0. The molecule has 0 radical (unpaired) electrons. The lowest BCUT2D eigenvalue weighted by Gasteiger charge is -2.15. The number of aromatic nitrogens is 1. The Bertz CT molecular complexity index is 632. The number of nitrogens with two attached hydrogens (primary N) is 1. The van der Waals surface area contributed by atoms with E-state index in [1.807, 2.05) is 0 Å². The molecule has 110 valence electrons. The van der Waals surface area contributed by atoms with E-state index in [4.69, 9.17) is 10.5 Å². The van der Waals surface area contributed by atoms with Gasteiger partial charge in [-0.1, -0.05) is 12.1 Å². The fourth-order valence-corrected chi connectivity index (χ4v) is 1.64. The van der Waals surface area contributed by atoms with Crippen molar-refractivity contribution >= 4 is 6.09 Å². The number of primary amides is 1. The molecule has 1 amide bonds. The van der Waals surface area contributed by atoms with Gasteiger partial charge in [-0.25, -0.2) is 9.78 Å². The van der Waals surface area contributed by atoms with Crippen LogP contribution in [0.4, 0.5) is 4.79 Å². The first-order valence-electron chi connectivity index (χ1n) is 6.09. The van der Waals surface area contributed by atoms with Crippen LogP contribution in [0.15, 0.2) is 42.6 Å². The number of pyridine rings is 1. The Hall–Kier alpha value is -2.80. The third-order valence-corrected chi connectivity index (χ3v) is 2.61. The van der Waals surface area contributed by atoms with Crippen molar-refractivity contribution in [2.24, 2.45) is 5.73 Å². The number of ether oxygens (including phenoxy) is 2. The first-order valence-corrected chi connectivity index (χ1v) is 6.09. The number of aliphatic hydroxyl groups is 1. The van der Waals surface area contributed by atoms with Gasteiger partial charge < -0.3 is 25.4 Å². The quantitative estimate of drug-likeness (QED) is 0.772. The van der Waals surface area contributed by atoms with Crippen molar-refractivity contribution in [1.29, 1.82) is 0 Å². The minimum Gasteiger partial charge on any atom is -0.504 e. The van der Waals surface area contributed by atoms with Gasteiger partial charge in [0, 0.05) is 11.8 Å². The zero-order valence-corrected chi connectivity index (χ0v) is 11.0. The number of phenolic OH excluding ortho intramolecular Hbond substituents is 1. The molecule has 0 saturated heterocycles. The minimum absolute atomic E-state index is 0.0584. The molecule has 2 aromatic rings. The van der Waals surface area contributed by atoms with E-state index in [2.05, 4.69) is 9.72 Å². The number of para-hydroxylation sites is 2. The van der Waals surface area contributed by atoms with Crippen molar-refractivity contribution in [2.45, 2.75) is 6.10 Å². The molecule has 0 bridgehead atoms. The van der Waals surface area contributed by atoms with Crippen LogP contribution < -0.4 is 10.5 Å². The van der Waals surface area contributed by atoms with Gasteiger partial charge in [0.25, 0.3) is 0 Å². The van der Waals surface area contributed by atoms with Crippen LogP contribution in [0.25, 0.3) is 0 Å². The number of aliphatic hydroxyl groups excluding tert-OH is 1. The van der Waals surface area contributed by atoms with Gasteiger partial charge in [-0.05, 0) is 24.3 Å². The summed E-state index contributed by atoms with van der Waals surface area (Å²) < 4.78 is 10.0. The predicted octanol–water partition coefficient (Wildman–Crippen LogP) is 1.71. The van der Waals surface area contributed by atoms with Crippen molar-refractivity contribution in [3.05, 3.63) is 48.2 Å². The lowest BCUT2D eigenvalue weighted by molar-refractivity contribution is 0.0713. The Balaban J connectivity index is 2.20. The molecule has 0 aliphatic carbocycles. The van der Waals surface area contributed by atoms with Gasteiger partial charge in [-0.2, -0.15) is 0 Å².